The number of aromatic nitrogens is 1. The van der Waals surface area contributed by atoms with Gasteiger partial charge in [0.1, 0.15) is 23.9 Å². The number of fused-ring (bicyclic) bond motifs is 1. The van der Waals surface area contributed by atoms with Crippen LogP contribution in [0.15, 0.2) is 54.7 Å². The van der Waals surface area contributed by atoms with Crippen molar-refractivity contribution < 1.29 is 29.4 Å². The molecule has 3 rings (SSSR count). The maximum Gasteiger partial charge on any atom is 0.326 e. The Bertz CT molecular complexity index is 1300. The predicted octanol–water partition coefficient (Wildman–Crippen LogP) is 1.20. The molecule has 3 atom stereocenters. The van der Waals surface area contributed by atoms with Crippen LogP contribution in [0.25, 0.3) is 10.9 Å². The number of aromatic hydroxyl groups is 1. The van der Waals surface area contributed by atoms with Gasteiger partial charge in [0.2, 0.25) is 17.7 Å². The number of carboxylic acids is 1. The van der Waals surface area contributed by atoms with Crippen LogP contribution in [0, 0.1) is 5.92 Å². The largest absolute Gasteiger partial charge is 0.508 e. The van der Waals surface area contributed by atoms with Crippen molar-refractivity contribution in [1.29, 1.82) is 0 Å². The third-order valence-corrected chi connectivity index (χ3v) is 6.27. The number of hydrogen-bond acceptors (Lipinski definition) is 6. The van der Waals surface area contributed by atoms with E-state index in [9.17, 15) is 29.4 Å². The first-order valence-corrected chi connectivity index (χ1v) is 12.7. The fourth-order valence-electron chi connectivity index (χ4n) is 4.30. The van der Waals surface area contributed by atoms with Crippen molar-refractivity contribution in [2.45, 2.75) is 51.2 Å². The molecule has 1 heterocycles. The second-order valence-electron chi connectivity index (χ2n) is 9.85. The minimum atomic E-state index is -1.26. The minimum absolute atomic E-state index is 0.0213. The molecule has 0 fully saturated rings. The molecule has 0 bridgehead atoms. The Hall–Kier alpha value is -4.38. The normalized spacial score (nSPS) is 13.4. The van der Waals surface area contributed by atoms with Gasteiger partial charge in [-0.15, -0.1) is 0 Å². The number of benzene rings is 2. The van der Waals surface area contributed by atoms with Crippen LogP contribution < -0.4 is 21.7 Å². The Morgan fingerprint density at radius 2 is 1.51 bits per heavy atom. The van der Waals surface area contributed by atoms with Gasteiger partial charge in [0, 0.05) is 29.9 Å². The third-order valence-electron chi connectivity index (χ3n) is 6.27. The second-order valence-corrected chi connectivity index (χ2v) is 9.85. The zero-order valence-corrected chi connectivity index (χ0v) is 21.9. The standard InChI is InChI=1S/C28H35N5O6/c1-16(2)11-22(31-25(35)14-29)26(36)32-23(12-17-7-9-19(34)10-8-17)27(37)33-24(28(38)39)13-18-15-30-21-6-4-3-5-20(18)21/h3-10,15-16,22-24,30,34H,11-14,29H2,1-2H3,(H,31,35)(H,32,36)(H,33,37)(H,38,39). The second kappa shape index (κ2) is 13.4. The molecule has 0 saturated carbocycles. The summed E-state index contributed by atoms with van der Waals surface area (Å²) in [5.41, 5.74) is 7.60. The molecule has 11 heteroatoms. The van der Waals surface area contributed by atoms with Crippen LogP contribution in [-0.2, 0) is 32.0 Å². The molecule has 11 nitrogen and oxygen atoms in total. The molecule has 8 N–H and O–H groups in total. The highest BCUT2D eigenvalue weighted by Crippen LogP contribution is 2.19. The number of carboxylic acid groups (broad SMARTS) is 1. The van der Waals surface area contributed by atoms with E-state index in [1.54, 1.807) is 18.3 Å². The summed E-state index contributed by atoms with van der Waals surface area (Å²) < 4.78 is 0. The zero-order chi connectivity index (χ0) is 28.5. The van der Waals surface area contributed by atoms with Gasteiger partial charge < -0.3 is 36.9 Å². The molecule has 2 aromatic carbocycles. The van der Waals surface area contributed by atoms with Crippen LogP contribution in [0.5, 0.6) is 5.75 Å². The summed E-state index contributed by atoms with van der Waals surface area (Å²) in [5.74, 6) is -2.94. The summed E-state index contributed by atoms with van der Waals surface area (Å²) in [6.07, 6.45) is 2.06. The van der Waals surface area contributed by atoms with Gasteiger partial charge in [-0.05, 0) is 41.7 Å². The Kier molecular flexibility index (Phi) is 10.0. The highest BCUT2D eigenvalue weighted by atomic mass is 16.4. The highest BCUT2D eigenvalue weighted by molar-refractivity contribution is 5.94. The number of carbonyl (C=O) groups excluding carboxylic acids is 3. The maximum absolute atomic E-state index is 13.4. The number of carbonyl (C=O) groups is 4. The van der Waals surface area contributed by atoms with E-state index in [2.05, 4.69) is 20.9 Å². The third kappa shape index (κ3) is 8.30. The lowest BCUT2D eigenvalue weighted by Crippen LogP contribution is -2.57. The first-order chi connectivity index (χ1) is 18.6. The Morgan fingerprint density at radius 3 is 2.15 bits per heavy atom. The van der Waals surface area contributed by atoms with Crippen LogP contribution in [-0.4, -0.2) is 63.6 Å². The molecular formula is C28H35N5O6. The van der Waals surface area contributed by atoms with Crippen LogP contribution in [0.1, 0.15) is 31.4 Å². The molecule has 0 aliphatic carbocycles. The molecule has 3 amide bonds. The predicted molar refractivity (Wildman–Crippen MR) is 146 cm³/mol. The number of para-hydroxylation sites is 1. The smallest absolute Gasteiger partial charge is 0.326 e. The molecular weight excluding hydrogens is 502 g/mol. The number of rotatable bonds is 13. The number of aliphatic carboxylic acids is 1. The van der Waals surface area contributed by atoms with E-state index in [4.69, 9.17) is 5.73 Å². The molecule has 0 spiro atoms. The van der Waals surface area contributed by atoms with Gasteiger partial charge in [-0.1, -0.05) is 44.2 Å². The molecule has 1 aromatic heterocycles. The van der Waals surface area contributed by atoms with Crippen LogP contribution in [0.3, 0.4) is 0 Å². The number of nitrogens with one attached hydrogen (secondary N) is 4. The first-order valence-electron chi connectivity index (χ1n) is 12.7. The minimum Gasteiger partial charge on any atom is -0.508 e. The van der Waals surface area contributed by atoms with Crippen molar-refractivity contribution >= 4 is 34.6 Å². The number of aromatic amines is 1. The van der Waals surface area contributed by atoms with Crippen molar-refractivity contribution in [3.05, 3.63) is 65.9 Å². The summed E-state index contributed by atoms with van der Waals surface area (Å²) in [4.78, 5) is 53.8. The van der Waals surface area contributed by atoms with E-state index in [-0.39, 0.29) is 31.1 Å². The number of phenolic OH excluding ortho intramolecular Hbond substituents is 1. The number of nitrogens with two attached hydrogens (primary N) is 1. The Morgan fingerprint density at radius 1 is 0.872 bits per heavy atom. The van der Waals surface area contributed by atoms with Gasteiger partial charge in [0.15, 0.2) is 0 Å². The molecule has 208 valence electrons. The lowest BCUT2D eigenvalue weighted by Gasteiger charge is -2.25. The summed E-state index contributed by atoms with van der Waals surface area (Å²) in [6.45, 7) is 3.48. The van der Waals surface area contributed by atoms with E-state index in [0.29, 0.717) is 12.0 Å². The van der Waals surface area contributed by atoms with Crippen LogP contribution >= 0.6 is 0 Å². The van der Waals surface area contributed by atoms with Crippen molar-refractivity contribution in [3.8, 4) is 5.75 Å². The number of hydrogen-bond donors (Lipinski definition) is 7. The summed E-state index contributed by atoms with van der Waals surface area (Å²) in [7, 11) is 0. The maximum atomic E-state index is 13.4. The van der Waals surface area contributed by atoms with Gasteiger partial charge >= 0.3 is 5.97 Å². The van der Waals surface area contributed by atoms with Crippen molar-refractivity contribution in [2.24, 2.45) is 11.7 Å². The summed E-state index contributed by atoms with van der Waals surface area (Å²) in [6, 6.07) is 10.2. The quantitative estimate of drug-likeness (QED) is 0.171. The number of amides is 3. The molecule has 0 saturated heterocycles. The van der Waals surface area contributed by atoms with E-state index < -0.39 is 41.8 Å². The van der Waals surface area contributed by atoms with Crippen LogP contribution in [0.2, 0.25) is 0 Å². The molecule has 39 heavy (non-hydrogen) atoms. The van der Waals surface area contributed by atoms with Gasteiger partial charge in [0.05, 0.1) is 6.54 Å². The van der Waals surface area contributed by atoms with Crippen molar-refractivity contribution in [1.82, 2.24) is 20.9 Å². The van der Waals surface area contributed by atoms with Crippen LogP contribution in [0.4, 0.5) is 0 Å². The molecule has 0 aliphatic rings. The first kappa shape index (κ1) is 29.2. The van der Waals surface area contributed by atoms with Crippen molar-refractivity contribution in [3.63, 3.8) is 0 Å². The average molecular weight is 538 g/mol. The fourth-order valence-corrected chi connectivity index (χ4v) is 4.30. The molecule has 0 aliphatic heterocycles. The van der Waals surface area contributed by atoms with Gasteiger partial charge in [-0.3, -0.25) is 14.4 Å². The lowest BCUT2D eigenvalue weighted by molar-refractivity contribution is -0.142. The number of H-pyrrole nitrogens is 1. The SMILES string of the molecule is CC(C)CC(NC(=O)CN)C(=O)NC(Cc1ccc(O)cc1)C(=O)NC(Cc1c[nH]c2ccccc12)C(=O)O. The van der Waals surface area contributed by atoms with E-state index in [1.165, 1.54) is 12.1 Å². The molecule has 3 aromatic rings. The molecule has 3 unspecified atom stereocenters. The summed E-state index contributed by atoms with van der Waals surface area (Å²) >= 11 is 0. The fraction of sp³-hybridized carbons (Fsp3) is 0.357. The zero-order valence-electron chi connectivity index (χ0n) is 21.9. The topological polar surface area (TPSA) is 187 Å². The monoisotopic (exact) mass is 537 g/mol. The Balaban J connectivity index is 1.83. The van der Waals surface area contributed by atoms with Gasteiger partial charge in [0.25, 0.3) is 0 Å². The average Bonchev–Trinajstić information content (AvgIpc) is 3.31. The highest BCUT2D eigenvalue weighted by Gasteiger charge is 2.30. The molecule has 0 radical (unpaired) electrons. The van der Waals surface area contributed by atoms with Crippen molar-refractivity contribution in [2.75, 3.05) is 6.54 Å². The lowest BCUT2D eigenvalue weighted by atomic mass is 10.00. The van der Waals surface area contributed by atoms with Gasteiger partial charge in [-0.2, -0.15) is 0 Å². The number of phenols is 1. The van der Waals surface area contributed by atoms with E-state index >= 15 is 0 Å². The van der Waals surface area contributed by atoms with E-state index in [1.807, 2.05) is 38.1 Å². The van der Waals surface area contributed by atoms with Gasteiger partial charge in [-0.25, -0.2) is 4.79 Å². The Labute approximate surface area is 226 Å². The summed E-state index contributed by atoms with van der Waals surface area (Å²) in [5, 5.41) is 28.2. The van der Waals surface area contributed by atoms with E-state index in [0.717, 1.165) is 16.5 Å².